The van der Waals surface area contributed by atoms with Crippen LogP contribution in [0.15, 0.2) is 81.8 Å². The number of carbonyl (C=O) groups is 1. The number of aryl methyl sites for hydroxylation is 1. The van der Waals surface area contributed by atoms with Crippen molar-refractivity contribution in [2.45, 2.75) is 29.9 Å². The Labute approximate surface area is 199 Å². The zero-order valence-corrected chi connectivity index (χ0v) is 19.7. The van der Waals surface area contributed by atoms with Gasteiger partial charge >= 0.3 is 0 Å². The number of thiazole rings is 1. The number of anilines is 1. The lowest BCUT2D eigenvalue weighted by atomic mass is 10.1. The molecular formula is C25H22N4O2S2. The molecule has 0 spiro atoms. The molecule has 0 saturated heterocycles. The smallest absolute Gasteiger partial charge is 0.259 e. The van der Waals surface area contributed by atoms with Gasteiger partial charge in [-0.15, -0.1) is 11.8 Å². The lowest BCUT2D eigenvalue weighted by molar-refractivity contribution is 0.102. The maximum absolute atomic E-state index is 13.1. The van der Waals surface area contributed by atoms with Gasteiger partial charge in [-0.2, -0.15) is 0 Å². The van der Waals surface area contributed by atoms with Crippen LogP contribution < -0.4 is 5.32 Å². The first-order valence-corrected chi connectivity index (χ1v) is 12.4. The third-order valence-electron chi connectivity index (χ3n) is 5.22. The molecule has 0 aliphatic rings. The fourth-order valence-corrected chi connectivity index (χ4v) is 5.32. The molecule has 3 heterocycles. The standard InChI is InChI=1S/C25H22N4O2S2/c1-2-18-12-26-22(31-18)16-32-23-13-27-25(33-23)28-24(30)20-15-29(14-17-8-4-3-5-9-17)21-11-7-6-10-19(20)21/h3-13,15H,2,14,16H2,1H3,(H,27,28,30). The summed E-state index contributed by atoms with van der Waals surface area (Å²) in [5.74, 6) is 2.04. The monoisotopic (exact) mass is 474 g/mol. The average molecular weight is 475 g/mol. The van der Waals surface area contributed by atoms with E-state index in [1.165, 1.54) is 16.9 Å². The third-order valence-corrected chi connectivity index (χ3v) is 7.31. The molecule has 1 amide bonds. The molecule has 166 valence electrons. The Bertz CT molecular complexity index is 1390. The van der Waals surface area contributed by atoms with Crippen LogP contribution in [0.2, 0.25) is 0 Å². The molecule has 2 aromatic carbocycles. The van der Waals surface area contributed by atoms with Crippen LogP contribution in [0.25, 0.3) is 10.9 Å². The van der Waals surface area contributed by atoms with Crippen LogP contribution in [0.3, 0.4) is 0 Å². The van der Waals surface area contributed by atoms with E-state index in [0.717, 1.165) is 27.3 Å². The second-order valence-corrected chi connectivity index (χ2v) is 9.78. The normalized spacial score (nSPS) is 11.2. The summed E-state index contributed by atoms with van der Waals surface area (Å²) in [6.07, 6.45) is 6.29. The van der Waals surface area contributed by atoms with Gasteiger partial charge in [-0.1, -0.05) is 66.8 Å². The van der Waals surface area contributed by atoms with Crippen LogP contribution in [-0.4, -0.2) is 20.4 Å². The summed E-state index contributed by atoms with van der Waals surface area (Å²) >= 11 is 3.04. The van der Waals surface area contributed by atoms with Crippen molar-refractivity contribution >= 4 is 45.0 Å². The number of amides is 1. The molecule has 0 atom stereocenters. The average Bonchev–Trinajstić information content (AvgIpc) is 3.57. The van der Waals surface area contributed by atoms with E-state index in [2.05, 4.69) is 32.0 Å². The first kappa shape index (κ1) is 21.5. The number of oxazole rings is 1. The van der Waals surface area contributed by atoms with E-state index in [-0.39, 0.29) is 5.91 Å². The predicted octanol–water partition coefficient (Wildman–Crippen LogP) is 6.24. The van der Waals surface area contributed by atoms with Gasteiger partial charge in [-0.25, -0.2) is 9.97 Å². The van der Waals surface area contributed by atoms with E-state index >= 15 is 0 Å². The molecule has 5 aromatic rings. The number of fused-ring (bicyclic) bond motifs is 1. The van der Waals surface area contributed by atoms with E-state index in [0.29, 0.717) is 28.9 Å². The first-order chi connectivity index (χ1) is 16.2. The molecule has 3 aromatic heterocycles. The Morgan fingerprint density at radius 1 is 1.09 bits per heavy atom. The minimum Gasteiger partial charge on any atom is -0.445 e. The Balaban J connectivity index is 1.30. The Kier molecular flexibility index (Phi) is 6.28. The number of hydrogen-bond donors (Lipinski definition) is 1. The van der Waals surface area contributed by atoms with Crippen molar-refractivity contribution in [3.63, 3.8) is 0 Å². The lowest BCUT2D eigenvalue weighted by Gasteiger charge is -2.05. The molecule has 5 rings (SSSR count). The van der Waals surface area contributed by atoms with E-state index in [1.807, 2.05) is 55.6 Å². The molecule has 0 saturated carbocycles. The van der Waals surface area contributed by atoms with Crippen molar-refractivity contribution in [1.29, 1.82) is 0 Å². The van der Waals surface area contributed by atoms with Gasteiger partial charge < -0.3 is 8.98 Å². The van der Waals surface area contributed by atoms with Gasteiger partial charge in [0.05, 0.1) is 27.9 Å². The molecule has 33 heavy (non-hydrogen) atoms. The molecule has 0 radical (unpaired) electrons. The van der Waals surface area contributed by atoms with Crippen molar-refractivity contribution < 1.29 is 9.21 Å². The number of hydrogen-bond acceptors (Lipinski definition) is 6. The molecule has 1 N–H and O–H groups in total. The van der Waals surface area contributed by atoms with Crippen molar-refractivity contribution in [3.8, 4) is 0 Å². The maximum Gasteiger partial charge on any atom is 0.259 e. The third kappa shape index (κ3) is 4.86. The lowest BCUT2D eigenvalue weighted by Crippen LogP contribution is -2.11. The van der Waals surface area contributed by atoms with Gasteiger partial charge in [0, 0.05) is 30.1 Å². The Hall–Kier alpha value is -3.36. The second-order valence-electron chi connectivity index (χ2n) is 7.47. The minimum atomic E-state index is -0.163. The predicted molar refractivity (Wildman–Crippen MR) is 133 cm³/mol. The molecule has 0 bridgehead atoms. The summed E-state index contributed by atoms with van der Waals surface area (Å²) in [7, 11) is 0. The van der Waals surface area contributed by atoms with Gasteiger partial charge in [0.2, 0.25) is 5.89 Å². The fourth-order valence-electron chi connectivity index (χ4n) is 3.60. The molecule has 6 nitrogen and oxygen atoms in total. The second kappa shape index (κ2) is 9.64. The van der Waals surface area contributed by atoms with Crippen LogP contribution in [0, 0.1) is 0 Å². The highest BCUT2D eigenvalue weighted by Crippen LogP contribution is 2.31. The summed E-state index contributed by atoms with van der Waals surface area (Å²) in [6.45, 7) is 2.74. The molecule has 0 fully saturated rings. The van der Waals surface area contributed by atoms with Crippen LogP contribution in [0.4, 0.5) is 5.13 Å². The number of carbonyl (C=O) groups excluding carboxylic acids is 1. The van der Waals surface area contributed by atoms with Gasteiger partial charge in [-0.3, -0.25) is 10.1 Å². The zero-order chi connectivity index (χ0) is 22.6. The zero-order valence-electron chi connectivity index (χ0n) is 18.0. The fraction of sp³-hybridized carbons (Fsp3) is 0.160. The van der Waals surface area contributed by atoms with Crippen molar-refractivity contribution in [2.24, 2.45) is 0 Å². The highest BCUT2D eigenvalue weighted by molar-refractivity contribution is 8.00. The van der Waals surface area contributed by atoms with Crippen LogP contribution in [-0.2, 0) is 18.7 Å². The highest BCUT2D eigenvalue weighted by Gasteiger charge is 2.17. The summed E-state index contributed by atoms with van der Waals surface area (Å²) in [5, 5.41) is 4.46. The molecular weight excluding hydrogens is 452 g/mol. The number of benzene rings is 2. The largest absolute Gasteiger partial charge is 0.445 e. The number of rotatable bonds is 8. The van der Waals surface area contributed by atoms with Crippen molar-refractivity contribution in [2.75, 3.05) is 5.32 Å². The van der Waals surface area contributed by atoms with Gasteiger partial charge in [0.25, 0.3) is 5.91 Å². The molecule has 8 heteroatoms. The van der Waals surface area contributed by atoms with Gasteiger partial charge in [0.15, 0.2) is 5.13 Å². The highest BCUT2D eigenvalue weighted by atomic mass is 32.2. The number of para-hydroxylation sites is 1. The van der Waals surface area contributed by atoms with E-state index < -0.39 is 0 Å². The first-order valence-electron chi connectivity index (χ1n) is 10.6. The number of nitrogens with one attached hydrogen (secondary N) is 1. The number of thioether (sulfide) groups is 1. The van der Waals surface area contributed by atoms with E-state index in [9.17, 15) is 4.79 Å². The van der Waals surface area contributed by atoms with Crippen molar-refractivity contribution in [3.05, 3.63) is 96.0 Å². The topological polar surface area (TPSA) is 73.0 Å². The SMILES string of the molecule is CCc1cnc(CSc2cnc(NC(=O)c3cn(Cc4ccccc4)c4ccccc34)s2)o1. The quantitative estimate of drug-likeness (QED) is 0.270. The summed E-state index contributed by atoms with van der Waals surface area (Å²) in [4.78, 5) is 21.8. The molecule has 0 aliphatic carbocycles. The number of nitrogens with zero attached hydrogens (tertiary/aromatic N) is 3. The van der Waals surface area contributed by atoms with Crippen LogP contribution >= 0.6 is 23.1 Å². The van der Waals surface area contributed by atoms with Crippen LogP contribution in [0.5, 0.6) is 0 Å². The maximum atomic E-state index is 13.1. The van der Waals surface area contributed by atoms with Crippen LogP contribution in [0.1, 0.15) is 34.5 Å². The number of aromatic nitrogens is 3. The van der Waals surface area contributed by atoms with E-state index in [1.54, 1.807) is 24.2 Å². The van der Waals surface area contributed by atoms with Crippen molar-refractivity contribution in [1.82, 2.24) is 14.5 Å². The summed E-state index contributed by atoms with van der Waals surface area (Å²) < 4.78 is 8.76. The Morgan fingerprint density at radius 2 is 1.91 bits per heavy atom. The Morgan fingerprint density at radius 3 is 2.73 bits per heavy atom. The molecule has 0 unspecified atom stereocenters. The summed E-state index contributed by atoms with van der Waals surface area (Å²) in [5.41, 5.74) is 2.85. The van der Waals surface area contributed by atoms with Gasteiger partial charge in [0.1, 0.15) is 5.76 Å². The summed E-state index contributed by atoms with van der Waals surface area (Å²) in [6, 6.07) is 18.2. The molecule has 0 aliphatic heterocycles. The van der Waals surface area contributed by atoms with Gasteiger partial charge in [-0.05, 0) is 11.6 Å². The minimum absolute atomic E-state index is 0.163. The van der Waals surface area contributed by atoms with E-state index in [4.69, 9.17) is 4.42 Å².